The van der Waals surface area contributed by atoms with Crippen LogP contribution < -0.4 is 5.73 Å². The first-order valence-corrected chi connectivity index (χ1v) is 7.09. The number of anilines is 1. The van der Waals surface area contributed by atoms with Crippen LogP contribution in [-0.4, -0.2) is 59.0 Å². The standard InChI is InChI=1S/C14H18ClN3O3/c1-9(14(20)21)17-4-6-18(7-5-17)13(19)10-2-3-12(16)11(15)8-10/h2-3,8-9H,4-7,16H2,1H3,(H,20,21). The largest absolute Gasteiger partial charge is 0.480 e. The number of nitrogen functional groups attached to an aromatic ring is 1. The van der Waals surface area contributed by atoms with Crippen LogP contribution in [-0.2, 0) is 4.79 Å². The summed E-state index contributed by atoms with van der Waals surface area (Å²) < 4.78 is 0. The predicted molar refractivity (Wildman–Crippen MR) is 80.4 cm³/mol. The van der Waals surface area contributed by atoms with Crippen LogP contribution in [0.15, 0.2) is 18.2 Å². The molecule has 1 aromatic rings. The third-order valence-corrected chi connectivity index (χ3v) is 4.08. The fourth-order valence-corrected chi connectivity index (χ4v) is 2.49. The van der Waals surface area contributed by atoms with Gasteiger partial charge in [-0.05, 0) is 25.1 Å². The summed E-state index contributed by atoms with van der Waals surface area (Å²) in [6.07, 6.45) is 0. The summed E-state index contributed by atoms with van der Waals surface area (Å²) in [5.41, 5.74) is 6.56. The summed E-state index contributed by atoms with van der Waals surface area (Å²) in [6.45, 7) is 3.74. The fraction of sp³-hybridized carbons (Fsp3) is 0.429. The highest BCUT2D eigenvalue weighted by Gasteiger charge is 2.27. The first-order chi connectivity index (χ1) is 9.90. The monoisotopic (exact) mass is 311 g/mol. The Balaban J connectivity index is 2.00. The van der Waals surface area contributed by atoms with Gasteiger partial charge >= 0.3 is 5.97 Å². The maximum Gasteiger partial charge on any atom is 0.320 e. The molecule has 1 saturated heterocycles. The summed E-state index contributed by atoms with van der Waals surface area (Å²) in [6, 6.07) is 4.28. The molecule has 0 bridgehead atoms. The van der Waals surface area contributed by atoms with E-state index in [0.717, 1.165) is 0 Å². The van der Waals surface area contributed by atoms with Crippen LogP contribution in [0.25, 0.3) is 0 Å². The number of amides is 1. The van der Waals surface area contributed by atoms with Gasteiger partial charge in [0, 0.05) is 31.7 Å². The summed E-state index contributed by atoms with van der Waals surface area (Å²) in [5, 5.41) is 9.36. The van der Waals surface area contributed by atoms with Gasteiger partial charge in [0.25, 0.3) is 5.91 Å². The zero-order valence-corrected chi connectivity index (χ0v) is 12.5. The van der Waals surface area contributed by atoms with Crippen LogP contribution in [0.5, 0.6) is 0 Å². The van der Waals surface area contributed by atoms with Crippen molar-refractivity contribution in [3.63, 3.8) is 0 Å². The number of carbonyl (C=O) groups is 2. The quantitative estimate of drug-likeness (QED) is 0.818. The topological polar surface area (TPSA) is 86.9 Å². The first-order valence-electron chi connectivity index (χ1n) is 6.71. The van der Waals surface area contributed by atoms with Crippen LogP contribution in [0.3, 0.4) is 0 Å². The number of halogens is 1. The number of benzene rings is 1. The molecule has 1 heterocycles. The molecule has 7 heteroatoms. The van der Waals surface area contributed by atoms with E-state index in [4.69, 9.17) is 22.4 Å². The molecule has 1 aliphatic heterocycles. The summed E-state index contributed by atoms with van der Waals surface area (Å²) >= 11 is 5.93. The molecule has 0 saturated carbocycles. The molecule has 0 aliphatic carbocycles. The average molecular weight is 312 g/mol. The van der Waals surface area contributed by atoms with Gasteiger partial charge in [-0.1, -0.05) is 11.6 Å². The molecule has 1 atom stereocenters. The van der Waals surface area contributed by atoms with E-state index in [2.05, 4.69) is 0 Å². The number of piperazine rings is 1. The molecule has 3 N–H and O–H groups in total. The van der Waals surface area contributed by atoms with E-state index in [-0.39, 0.29) is 5.91 Å². The highest BCUT2D eigenvalue weighted by molar-refractivity contribution is 6.33. The summed E-state index contributed by atoms with van der Waals surface area (Å²) in [4.78, 5) is 26.9. The van der Waals surface area contributed by atoms with Gasteiger partial charge in [0.15, 0.2) is 0 Å². The maximum absolute atomic E-state index is 12.4. The number of nitrogens with two attached hydrogens (primary N) is 1. The molecular weight excluding hydrogens is 294 g/mol. The molecular formula is C14H18ClN3O3. The molecule has 0 aromatic heterocycles. The van der Waals surface area contributed by atoms with Crippen molar-refractivity contribution in [2.45, 2.75) is 13.0 Å². The molecule has 6 nitrogen and oxygen atoms in total. The molecule has 0 spiro atoms. The van der Waals surface area contributed by atoms with Gasteiger partial charge < -0.3 is 15.7 Å². The normalized spacial score (nSPS) is 17.5. The lowest BCUT2D eigenvalue weighted by Crippen LogP contribution is -2.53. The van der Waals surface area contributed by atoms with Crippen molar-refractivity contribution >= 4 is 29.2 Å². The first kappa shape index (κ1) is 15.6. The maximum atomic E-state index is 12.4. The second-order valence-electron chi connectivity index (χ2n) is 5.08. The highest BCUT2D eigenvalue weighted by Crippen LogP contribution is 2.21. The number of hydrogen-bond donors (Lipinski definition) is 2. The Morgan fingerprint density at radius 2 is 1.90 bits per heavy atom. The van der Waals surface area contributed by atoms with E-state index in [1.807, 2.05) is 4.90 Å². The van der Waals surface area contributed by atoms with E-state index in [1.54, 1.807) is 30.0 Å². The molecule has 0 radical (unpaired) electrons. The zero-order valence-electron chi connectivity index (χ0n) is 11.8. The molecule has 1 amide bonds. The third-order valence-electron chi connectivity index (χ3n) is 3.75. The SMILES string of the molecule is CC(C(=O)O)N1CCN(C(=O)c2ccc(N)c(Cl)c2)CC1. The van der Waals surface area contributed by atoms with Crippen LogP contribution in [0.1, 0.15) is 17.3 Å². The number of carboxylic acids is 1. The smallest absolute Gasteiger partial charge is 0.320 e. The van der Waals surface area contributed by atoms with Gasteiger partial charge in [-0.15, -0.1) is 0 Å². The van der Waals surface area contributed by atoms with E-state index in [0.29, 0.717) is 42.5 Å². The van der Waals surface area contributed by atoms with Gasteiger partial charge in [0.2, 0.25) is 0 Å². The van der Waals surface area contributed by atoms with Crippen LogP contribution in [0.2, 0.25) is 5.02 Å². The van der Waals surface area contributed by atoms with Crippen molar-refractivity contribution < 1.29 is 14.7 Å². The Bertz CT molecular complexity index is 556. The minimum atomic E-state index is -0.847. The van der Waals surface area contributed by atoms with E-state index in [9.17, 15) is 9.59 Å². The summed E-state index contributed by atoms with van der Waals surface area (Å²) in [7, 11) is 0. The molecule has 21 heavy (non-hydrogen) atoms. The molecule has 2 rings (SSSR count). The number of carbonyl (C=O) groups excluding carboxylic acids is 1. The number of aliphatic carboxylic acids is 1. The molecule has 114 valence electrons. The van der Waals surface area contributed by atoms with E-state index < -0.39 is 12.0 Å². The summed E-state index contributed by atoms with van der Waals surface area (Å²) in [5.74, 6) is -0.959. The van der Waals surface area contributed by atoms with Crippen LogP contribution in [0, 0.1) is 0 Å². The van der Waals surface area contributed by atoms with Crippen molar-refractivity contribution in [1.29, 1.82) is 0 Å². The van der Waals surface area contributed by atoms with Gasteiger partial charge in [-0.3, -0.25) is 14.5 Å². The van der Waals surface area contributed by atoms with E-state index in [1.165, 1.54) is 0 Å². The lowest BCUT2D eigenvalue weighted by molar-refractivity contribution is -0.143. The van der Waals surface area contributed by atoms with Crippen molar-refractivity contribution in [2.24, 2.45) is 0 Å². The molecule has 1 fully saturated rings. The Hall–Kier alpha value is -1.79. The highest BCUT2D eigenvalue weighted by atomic mass is 35.5. The van der Waals surface area contributed by atoms with Gasteiger partial charge in [0.1, 0.15) is 6.04 Å². The number of carboxylic acid groups (broad SMARTS) is 1. The number of hydrogen-bond acceptors (Lipinski definition) is 4. The fourth-order valence-electron chi connectivity index (χ4n) is 2.31. The molecule has 1 aliphatic rings. The zero-order chi connectivity index (χ0) is 15.6. The van der Waals surface area contributed by atoms with Crippen molar-refractivity contribution in [3.05, 3.63) is 28.8 Å². The van der Waals surface area contributed by atoms with Gasteiger partial charge in [-0.25, -0.2) is 0 Å². The minimum Gasteiger partial charge on any atom is -0.480 e. The number of rotatable bonds is 3. The van der Waals surface area contributed by atoms with Crippen LogP contribution >= 0.6 is 11.6 Å². The molecule has 1 unspecified atom stereocenters. The Kier molecular flexibility index (Phi) is 4.69. The number of nitrogens with zero attached hydrogens (tertiary/aromatic N) is 2. The van der Waals surface area contributed by atoms with Gasteiger partial charge in [-0.2, -0.15) is 0 Å². The second kappa shape index (κ2) is 6.32. The second-order valence-corrected chi connectivity index (χ2v) is 5.49. The Morgan fingerprint density at radius 1 is 1.29 bits per heavy atom. The van der Waals surface area contributed by atoms with E-state index >= 15 is 0 Å². The van der Waals surface area contributed by atoms with Gasteiger partial charge in [0.05, 0.1) is 10.7 Å². The van der Waals surface area contributed by atoms with Crippen molar-refractivity contribution in [2.75, 3.05) is 31.9 Å². The van der Waals surface area contributed by atoms with Crippen molar-refractivity contribution in [1.82, 2.24) is 9.80 Å². The lowest BCUT2D eigenvalue weighted by atomic mass is 10.1. The van der Waals surface area contributed by atoms with Crippen LogP contribution in [0.4, 0.5) is 5.69 Å². The van der Waals surface area contributed by atoms with Crippen molar-refractivity contribution in [3.8, 4) is 0 Å². The Morgan fingerprint density at radius 3 is 2.43 bits per heavy atom. The average Bonchev–Trinajstić information content (AvgIpc) is 2.48. The minimum absolute atomic E-state index is 0.112. The third kappa shape index (κ3) is 3.46. The Labute approximate surface area is 128 Å². The lowest BCUT2D eigenvalue weighted by Gasteiger charge is -2.36. The predicted octanol–water partition coefficient (Wildman–Crippen LogP) is 1.15. The molecule has 1 aromatic carbocycles.